The summed E-state index contributed by atoms with van der Waals surface area (Å²) < 4.78 is 0.762. The third-order valence-electron chi connectivity index (χ3n) is 2.42. The minimum Gasteiger partial charge on any atom is -0.368 e. The number of anilines is 1. The zero-order chi connectivity index (χ0) is 11.5. The van der Waals surface area contributed by atoms with E-state index >= 15 is 0 Å². The molecule has 0 radical (unpaired) electrons. The first-order valence-corrected chi connectivity index (χ1v) is 5.97. The highest BCUT2D eigenvalue weighted by atomic mass is 79.9. The molecule has 2 heterocycles. The molecule has 0 aromatic carbocycles. The number of aromatic nitrogens is 2. The summed E-state index contributed by atoms with van der Waals surface area (Å²) in [5.74, 6) is 1.62. The van der Waals surface area contributed by atoms with E-state index in [0.717, 1.165) is 16.8 Å². The highest BCUT2D eigenvalue weighted by Gasteiger charge is 2.20. The Hall–Kier alpha value is -1.17. The molecule has 1 aromatic rings. The predicted molar refractivity (Wildman–Crippen MR) is 64.1 cm³/mol. The summed E-state index contributed by atoms with van der Waals surface area (Å²) in [6.07, 6.45) is 1.51. The molecule has 6 heteroatoms. The van der Waals surface area contributed by atoms with Crippen molar-refractivity contribution in [1.82, 2.24) is 15.3 Å². The van der Waals surface area contributed by atoms with Crippen molar-refractivity contribution in [3.63, 3.8) is 0 Å². The Morgan fingerprint density at radius 2 is 2.44 bits per heavy atom. The Kier molecular flexibility index (Phi) is 3.38. The molecule has 0 spiro atoms. The second-order valence-corrected chi connectivity index (χ2v) is 4.62. The molecule has 1 amide bonds. The third kappa shape index (κ3) is 2.91. The van der Waals surface area contributed by atoms with E-state index in [1.165, 1.54) is 0 Å². The zero-order valence-corrected chi connectivity index (χ0v) is 10.5. The zero-order valence-electron chi connectivity index (χ0n) is 8.96. The van der Waals surface area contributed by atoms with Crippen LogP contribution in [-0.4, -0.2) is 28.5 Å². The SMILES string of the molecule is Cc1nc(Br)cc(NCC2CCC(=O)N2)n1. The van der Waals surface area contributed by atoms with Gasteiger partial charge in [0.2, 0.25) is 5.91 Å². The highest BCUT2D eigenvalue weighted by Crippen LogP contribution is 2.13. The minimum atomic E-state index is 0.131. The monoisotopic (exact) mass is 284 g/mol. The maximum Gasteiger partial charge on any atom is 0.220 e. The van der Waals surface area contributed by atoms with Gasteiger partial charge in [-0.25, -0.2) is 9.97 Å². The molecular formula is C10H13BrN4O. The maximum atomic E-state index is 11.0. The molecule has 5 nitrogen and oxygen atoms in total. The molecule has 2 rings (SSSR count). The van der Waals surface area contributed by atoms with Crippen molar-refractivity contribution in [2.75, 3.05) is 11.9 Å². The molecule has 16 heavy (non-hydrogen) atoms. The molecule has 1 aliphatic rings. The molecule has 1 atom stereocenters. The average Bonchev–Trinajstić information content (AvgIpc) is 2.60. The predicted octanol–water partition coefficient (Wildman–Crippen LogP) is 1.24. The van der Waals surface area contributed by atoms with Gasteiger partial charge in [0, 0.05) is 25.1 Å². The van der Waals surface area contributed by atoms with Gasteiger partial charge in [0.05, 0.1) is 0 Å². The van der Waals surface area contributed by atoms with E-state index in [9.17, 15) is 4.79 Å². The van der Waals surface area contributed by atoms with Crippen molar-refractivity contribution in [2.24, 2.45) is 0 Å². The van der Waals surface area contributed by atoms with E-state index in [2.05, 4.69) is 36.5 Å². The standard InChI is InChI=1S/C10H13BrN4O/c1-6-13-8(11)4-9(14-6)12-5-7-2-3-10(16)15-7/h4,7H,2-3,5H2,1H3,(H,15,16)(H,12,13,14). The Bertz CT molecular complexity index is 390. The van der Waals surface area contributed by atoms with Gasteiger partial charge in [0.1, 0.15) is 16.2 Å². The van der Waals surface area contributed by atoms with E-state index in [4.69, 9.17) is 0 Å². The van der Waals surface area contributed by atoms with Crippen LogP contribution in [0, 0.1) is 6.92 Å². The Morgan fingerprint density at radius 3 is 3.06 bits per heavy atom. The summed E-state index contributed by atoms with van der Waals surface area (Å²) >= 11 is 3.32. The summed E-state index contributed by atoms with van der Waals surface area (Å²) in [6, 6.07) is 2.03. The van der Waals surface area contributed by atoms with Crippen LogP contribution in [0.2, 0.25) is 0 Å². The van der Waals surface area contributed by atoms with Crippen LogP contribution in [0.25, 0.3) is 0 Å². The van der Waals surface area contributed by atoms with Crippen LogP contribution >= 0.6 is 15.9 Å². The number of carbonyl (C=O) groups excluding carboxylic acids is 1. The summed E-state index contributed by atoms with van der Waals surface area (Å²) in [7, 11) is 0. The van der Waals surface area contributed by atoms with Gasteiger partial charge in [-0.3, -0.25) is 4.79 Å². The van der Waals surface area contributed by atoms with Gasteiger partial charge >= 0.3 is 0 Å². The van der Waals surface area contributed by atoms with Crippen molar-refractivity contribution in [2.45, 2.75) is 25.8 Å². The number of aryl methyl sites for hydroxylation is 1. The van der Waals surface area contributed by atoms with E-state index in [1.807, 2.05) is 13.0 Å². The van der Waals surface area contributed by atoms with E-state index < -0.39 is 0 Å². The lowest BCUT2D eigenvalue weighted by Crippen LogP contribution is -2.32. The van der Waals surface area contributed by atoms with Gasteiger partial charge in [-0.2, -0.15) is 0 Å². The van der Waals surface area contributed by atoms with Crippen LogP contribution in [0.1, 0.15) is 18.7 Å². The molecule has 0 aliphatic carbocycles. The molecule has 1 aromatic heterocycles. The quantitative estimate of drug-likeness (QED) is 0.820. The van der Waals surface area contributed by atoms with Crippen LogP contribution < -0.4 is 10.6 Å². The van der Waals surface area contributed by atoms with E-state index in [0.29, 0.717) is 18.8 Å². The number of carbonyl (C=O) groups is 1. The number of hydrogen-bond acceptors (Lipinski definition) is 4. The summed E-state index contributed by atoms with van der Waals surface area (Å²) in [6.45, 7) is 2.54. The molecule has 2 N–H and O–H groups in total. The molecule has 86 valence electrons. The van der Waals surface area contributed by atoms with Crippen molar-refractivity contribution < 1.29 is 4.79 Å². The second kappa shape index (κ2) is 4.78. The summed E-state index contributed by atoms with van der Waals surface area (Å²) in [5.41, 5.74) is 0. The highest BCUT2D eigenvalue weighted by molar-refractivity contribution is 9.10. The largest absolute Gasteiger partial charge is 0.368 e. The van der Waals surface area contributed by atoms with Crippen LogP contribution in [0.3, 0.4) is 0 Å². The molecule has 0 bridgehead atoms. The Labute approximate surface area is 102 Å². The van der Waals surface area contributed by atoms with Crippen molar-refractivity contribution in [3.8, 4) is 0 Å². The number of nitrogens with one attached hydrogen (secondary N) is 2. The first-order valence-electron chi connectivity index (χ1n) is 5.18. The number of nitrogens with zero attached hydrogens (tertiary/aromatic N) is 2. The van der Waals surface area contributed by atoms with Crippen molar-refractivity contribution in [1.29, 1.82) is 0 Å². The smallest absolute Gasteiger partial charge is 0.220 e. The lowest BCUT2D eigenvalue weighted by molar-refractivity contribution is -0.119. The van der Waals surface area contributed by atoms with Gasteiger partial charge in [-0.15, -0.1) is 0 Å². The molecule has 1 saturated heterocycles. The molecular weight excluding hydrogens is 272 g/mol. The van der Waals surface area contributed by atoms with Gasteiger partial charge in [-0.05, 0) is 29.3 Å². The molecule has 1 unspecified atom stereocenters. The summed E-state index contributed by atoms with van der Waals surface area (Å²) in [5, 5.41) is 6.09. The molecule has 1 fully saturated rings. The van der Waals surface area contributed by atoms with Crippen LogP contribution in [0.4, 0.5) is 5.82 Å². The van der Waals surface area contributed by atoms with E-state index in [1.54, 1.807) is 0 Å². The Balaban J connectivity index is 1.91. The van der Waals surface area contributed by atoms with Crippen molar-refractivity contribution >= 4 is 27.7 Å². The number of rotatable bonds is 3. The number of halogens is 1. The van der Waals surface area contributed by atoms with Gasteiger partial charge < -0.3 is 10.6 Å². The van der Waals surface area contributed by atoms with Crippen LogP contribution in [-0.2, 0) is 4.79 Å². The molecule has 0 saturated carbocycles. The van der Waals surface area contributed by atoms with Crippen molar-refractivity contribution in [3.05, 3.63) is 16.5 Å². The fourth-order valence-electron chi connectivity index (χ4n) is 1.68. The minimum absolute atomic E-state index is 0.131. The van der Waals surface area contributed by atoms with Crippen LogP contribution in [0.15, 0.2) is 10.7 Å². The maximum absolute atomic E-state index is 11.0. The summed E-state index contributed by atoms with van der Waals surface area (Å²) in [4.78, 5) is 19.4. The fraction of sp³-hybridized carbons (Fsp3) is 0.500. The fourth-order valence-corrected chi connectivity index (χ4v) is 2.15. The Morgan fingerprint density at radius 1 is 1.62 bits per heavy atom. The second-order valence-electron chi connectivity index (χ2n) is 3.81. The first-order chi connectivity index (χ1) is 7.63. The van der Waals surface area contributed by atoms with Gasteiger partial charge in [0.15, 0.2) is 0 Å². The van der Waals surface area contributed by atoms with Crippen LogP contribution in [0.5, 0.6) is 0 Å². The number of hydrogen-bond donors (Lipinski definition) is 2. The van der Waals surface area contributed by atoms with E-state index in [-0.39, 0.29) is 11.9 Å². The normalized spacial score (nSPS) is 19.6. The number of amides is 1. The lowest BCUT2D eigenvalue weighted by Gasteiger charge is -2.12. The molecule has 1 aliphatic heterocycles. The lowest BCUT2D eigenvalue weighted by atomic mass is 10.2. The average molecular weight is 285 g/mol. The topological polar surface area (TPSA) is 66.9 Å². The third-order valence-corrected chi connectivity index (χ3v) is 2.83. The first kappa shape index (κ1) is 11.3. The van der Waals surface area contributed by atoms with Gasteiger partial charge in [-0.1, -0.05) is 0 Å². The van der Waals surface area contributed by atoms with Gasteiger partial charge in [0.25, 0.3) is 0 Å².